The zero-order valence-corrected chi connectivity index (χ0v) is 16.9. The number of amides is 1. The lowest BCUT2D eigenvalue weighted by molar-refractivity contribution is -0.917. The molecule has 0 saturated carbocycles. The molecule has 1 saturated heterocycles. The van der Waals surface area contributed by atoms with Gasteiger partial charge in [0, 0.05) is 17.7 Å². The SMILES string of the molecule is Cc1cccc(C[NH+]2CCN(S(=O)(=O)c3ccc4c(c3)CCC(=O)N4)CC2)c1. The van der Waals surface area contributed by atoms with Crippen LogP contribution in [0.1, 0.15) is 23.1 Å². The van der Waals surface area contributed by atoms with E-state index in [1.54, 1.807) is 22.5 Å². The number of carbonyl (C=O) groups is 1. The summed E-state index contributed by atoms with van der Waals surface area (Å²) in [5.41, 5.74) is 4.16. The topological polar surface area (TPSA) is 70.9 Å². The van der Waals surface area contributed by atoms with Crippen LogP contribution in [0.2, 0.25) is 0 Å². The van der Waals surface area contributed by atoms with Crippen molar-refractivity contribution >= 4 is 21.6 Å². The summed E-state index contributed by atoms with van der Waals surface area (Å²) in [6, 6.07) is 13.5. The highest BCUT2D eigenvalue weighted by atomic mass is 32.2. The highest BCUT2D eigenvalue weighted by Crippen LogP contribution is 2.27. The van der Waals surface area contributed by atoms with E-state index in [-0.39, 0.29) is 5.91 Å². The van der Waals surface area contributed by atoms with Gasteiger partial charge in [-0.1, -0.05) is 29.8 Å². The van der Waals surface area contributed by atoms with E-state index in [4.69, 9.17) is 0 Å². The van der Waals surface area contributed by atoms with Gasteiger partial charge in [0.1, 0.15) is 6.54 Å². The molecule has 6 nitrogen and oxygen atoms in total. The van der Waals surface area contributed by atoms with E-state index >= 15 is 0 Å². The normalized spacial score (nSPS) is 18.5. The van der Waals surface area contributed by atoms with E-state index < -0.39 is 10.0 Å². The van der Waals surface area contributed by atoms with Gasteiger partial charge in [-0.25, -0.2) is 8.42 Å². The lowest BCUT2D eigenvalue weighted by atomic mass is 10.0. The standard InChI is InChI=1S/C21H25N3O3S/c1-16-3-2-4-17(13-16)15-23-9-11-24(12-10-23)28(26,27)19-6-7-20-18(14-19)5-8-21(25)22-20/h2-4,6-7,13-14H,5,8-12,15H2,1H3,(H,22,25)/p+1. The largest absolute Gasteiger partial charge is 0.329 e. The molecule has 0 aromatic heterocycles. The van der Waals surface area contributed by atoms with Crippen LogP contribution in [-0.4, -0.2) is 44.8 Å². The van der Waals surface area contributed by atoms with Crippen molar-refractivity contribution in [1.82, 2.24) is 4.31 Å². The van der Waals surface area contributed by atoms with Crippen LogP contribution >= 0.6 is 0 Å². The number of aryl methyl sites for hydroxylation is 2. The fourth-order valence-corrected chi connectivity index (χ4v) is 5.49. The maximum atomic E-state index is 13.1. The van der Waals surface area contributed by atoms with E-state index in [9.17, 15) is 13.2 Å². The predicted molar refractivity (Wildman–Crippen MR) is 108 cm³/mol. The average Bonchev–Trinajstić information content (AvgIpc) is 2.68. The fraction of sp³-hybridized carbons (Fsp3) is 0.381. The van der Waals surface area contributed by atoms with Gasteiger partial charge in [0.15, 0.2) is 0 Å². The van der Waals surface area contributed by atoms with Gasteiger partial charge in [-0.05, 0) is 37.1 Å². The van der Waals surface area contributed by atoms with Crippen molar-refractivity contribution < 1.29 is 18.1 Å². The summed E-state index contributed by atoms with van der Waals surface area (Å²) in [5.74, 6) is -0.0178. The van der Waals surface area contributed by atoms with Crippen molar-refractivity contribution in [2.45, 2.75) is 31.2 Å². The lowest BCUT2D eigenvalue weighted by Gasteiger charge is -2.32. The minimum atomic E-state index is -3.50. The minimum Gasteiger partial charge on any atom is -0.329 e. The zero-order chi connectivity index (χ0) is 19.7. The summed E-state index contributed by atoms with van der Waals surface area (Å²) < 4.78 is 27.7. The Hall–Kier alpha value is -2.22. The molecule has 4 rings (SSSR count). The summed E-state index contributed by atoms with van der Waals surface area (Å²) in [7, 11) is -3.50. The zero-order valence-electron chi connectivity index (χ0n) is 16.1. The molecule has 2 aromatic rings. The second kappa shape index (κ2) is 7.66. The van der Waals surface area contributed by atoms with Gasteiger partial charge in [-0.2, -0.15) is 4.31 Å². The summed E-state index contributed by atoms with van der Waals surface area (Å²) in [6.07, 6.45) is 0.983. The Bertz CT molecular complexity index is 996. The number of anilines is 1. The van der Waals surface area contributed by atoms with Crippen LogP contribution in [0, 0.1) is 6.92 Å². The van der Waals surface area contributed by atoms with E-state index in [2.05, 4.69) is 36.5 Å². The fourth-order valence-electron chi connectivity index (χ4n) is 4.00. The Kier molecular flexibility index (Phi) is 5.23. The van der Waals surface area contributed by atoms with Crippen molar-refractivity contribution in [1.29, 1.82) is 0 Å². The number of piperazine rings is 1. The molecule has 2 N–H and O–H groups in total. The first-order valence-corrected chi connectivity index (χ1v) is 11.2. The van der Waals surface area contributed by atoms with Gasteiger partial charge >= 0.3 is 0 Å². The molecule has 2 aliphatic rings. The third-order valence-electron chi connectivity index (χ3n) is 5.58. The van der Waals surface area contributed by atoms with Gasteiger partial charge in [0.2, 0.25) is 15.9 Å². The van der Waals surface area contributed by atoms with Gasteiger partial charge in [0.25, 0.3) is 0 Å². The highest BCUT2D eigenvalue weighted by Gasteiger charge is 2.31. The minimum absolute atomic E-state index is 0.0178. The lowest BCUT2D eigenvalue weighted by Crippen LogP contribution is -3.13. The van der Waals surface area contributed by atoms with Crippen molar-refractivity contribution in [2.24, 2.45) is 0 Å². The molecule has 0 atom stereocenters. The number of fused-ring (bicyclic) bond motifs is 1. The van der Waals surface area contributed by atoms with Gasteiger partial charge < -0.3 is 10.2 Å². The first kappa shape index (κ1) is 19.1. The summed E-state index contributed by atoms with van der Waals surface area (Å²) >= 11 is 0. The number of quaternary nitrogens is 1. The second-order valence-electron chi connectivity index (χ2n) is 7.69. The molecule has 0 bridgehead atoms. The molecule has 28 heavy (non-hydrogen) atoms. The van der Waals surface area contributed by atoms with E-state index in [1.165, 1.54) is 16.0 Å². The Morgan fingerprint density at radius 2 is 1.86 bits per heavy atom. The third kappa shape index (κ3) is 3.97. The molecule has 1 fully saturated rings. The number of rotatable bonds is 4. The molecule has 148 valence electrons. The van der Waals surface area contributed by atoms with Gasteiger partial charge in [-0.3, -0.25) is 4.79 Å². The molecule has 2 aromatic carbocycles. The quantitative estimate of drug-likeness (QED) is 0.804. The third-order valence-corrected chi connectivity index (χ3v) is 7.47. The van der Waals surface area contributed by atoms with Crippen LogP contribution in [0.15, 0.2) is 47.4 Å². The van der Waals surface area contributed by atoms with Crippen LogP contribution in [0.5, 0.6) is 0 Å². The van der Waals surface area contributed by atoms with E-state index in [0.29, 0.717) is 30.8 Å². The molecule has 0 unspecified atom stereocenters. The molecule has 0 spiro atoms. The van der Waals surface area contributed by atoms with Crippen LogP contribution in [0.3, 0.4) is 0 Å². The monoisotopic (exact) mass is 400 g/mol. The molecular weight excluding hydrogens is 374 g/mol. The van der Waals surface area contributed by atoms with Crippen LogP contribution in [0.4, 0.5) is 5.69 Å². The Morgan fingerprint density at radius 1 is 1.07 bits per heavy atom. The number of hydrogen-bond acceptors (Lipinski definition) is 3. The Labute approximate surface area is 166 Å². The summed E-state index contributed by atoms with van der Waals surface area (Å²) in [5, 5.41) is 2.80. The number of hydrogen-bond donors (Lipinski definition) is 2. The Morgan fingerprint density at radius 3 is 2.61 bits per heavy atom. The van der Waals surface area contributed by atoms with Crippen molar-refractivity contribution in [2.75, 3.05) is 31.5 Å². The molecular formula is C21H26N3O3S+. The summed E-state index contributed by atoms with van der Waals surface area (Å²) in [6.45, 7) is 5.67. The van der Waals surface area contributed by atoms with Crippen molar-refractivity contribution in [3.8, 4) is 0 Å². The van der Waals surface area contributed by atoms with Crippen molar-refractivity contribution in [3.05, 3.63) is 59.2 Å². The number of nitrogens with zero attached hydrogens (tertiary/aromatic N) is 1. The molecule has 0 aliphatic carbocycles. The second-order valence-corrected chi connectivity index (χ2v) is 9.62. The van der Waals surface area contributed by atoms with E-state index in [0.717, 1.165) is 30.9 Å². The van der Waals surface area contributed by atoms with Crippen molar-refractivity contribution in [3.63, 3.8) is 0 Å². The van der Waals surface area contributed by atoms with Gasteiger partial charge in [-0.15, -0.1) is 0 Å². The Balaban J connectivity index is 1.43. The van der Waals surface area contributed by atoms with Crippen LogP contribution in [0.25, 0.3) is 0 Å². The molecule has 1 amide bonds. The van der Waals surface area contributed by atoms with Crippen LogP contribution in [-0.2, 0) is 27.8 Å². The predicted octanol–water partition coefficient (Wildman–Crippen LogP) is 0.969. The first-order valence-electron chi connectivity index (χ1n) is 9.74. The number of sulfonamides is 1. The maximum Gasteiger partial charge on any atom is 0.243 e. The molecule has 2 aliphatic heterocycles. The highest BCUT2D eigenvalue weighted by molar-refractivity contribution is 7.89. The number of benzene rings is 2. The smallest absolute Gasteiger partial charge is 0.243 e. The molecule has 0 radical (unpaired) electrons. The van der Waals surface area contributed by atoms with E-state index in [1.807, 2.05) is 0 Å². The molecule has 2 heterocycles. The summed E-state index contributed by atoms with van der Waals surface area (Å²) in [4.78, 5) is 13.2. The van der Waals surface area contributed by atoms with Gasteiger partial charge in [0.05, 0.1) is 31.1 Å². The van der Waals surface area contributed by atoms with Crippen LogP contribution < -0.4 is 10.2 Å². The number of carbonyl (C=O) groups excluding carboxylic acids is 1. The maximum absolute atomic E-state index is 13.1. The molecule has 7 heteroatoms. The first-order chi connectivity index (χ1) is 13.4. The average molecular weight is 401 g/mol. The number of nitrogens with one attached hydrogen (secondary N) is 2.